The number of carbonyl (C=O) groups is 1. The second-order valence-electron chi connectivity index (χ2n) is 9.48. The second-order valence-corrected chi connectivity index (χ2v) is 9.48. The van der Waals surface area contributed by atoms with Gasteiger partial charge in [-0.3, -0.25) is 4.79 Å². The lowest BCUT2D eigenvalue weighted by Gasteiger charge is -2.19. The van der Waals surface area contributed by atoms with Gasteiger partial charge < -0.3 is 14.6 Å². The van der Waals surface area contributed by atoms with E-state index in [0.717, 1.165) is 33.5 Å². The quantitative estimate of drug-likeness (QED) is 0.362. The van der Waals surface area contributed by atoms with E-state index in [1.807, 2.05) is 54.6 Å². The number of aromatic nitrogens is 1. The van der Waals surface area contributed by atoms with Crippen molar-refractivity contribution in [2.75, 3.05) is 11.9 Å². The zero-order chi connectivity index (χ0) is 23.0. The van der Waals surface area contributed by atoms with Crippen LogP contribution in [0.4, 0.5) is 5.69 Å². The Bertz CT molecular complexity index is 1350. The van der Waals surface area contributed by atoms with Crippen molar-refractivity contribution in [2.45, 2.75) is 32.7 Å². The average molecular weight is 437 g/mol. The van der Waals surface area contributed by atoms with Crippen molar-refractivity contribution in [3.63, 3.8) is 0 Å². The third kappa shape index (κ3) is 4.17. The summed E-state index contributed by atoms with van der Waals surface area (Å²) in [5, 5.41) is 4.08. The summed E-state index contributed by atoms with van der Waals surface area (Å²) < 4.78 is 8.23. The first-order valence-corrected chi connectivity index (χ1v) is 11.3. The van der Waals surface area contributed by atoms with Gasteiger partial charge in [-0.1, -0.05) is 69.3 Å². The Morgan fingerprint density at radius 1 is 0.939 bits per heavy atom. The van der Waals surface area contributed by atoms with Gasteiger partial charge in [0.1, 0.15) is 12.4 Å². The van der Waals surface area contributed by atoms with Crippen LogP contribution >= 0.6 is 0 Å². The zero-order valence-electron chi connectivity index (χ0n) is 19.3. The minimum Gasteiger partial charge on any atom is -0.492 e. The Balaban J connectivity index is 1.38. The number of rotatable bonds is 5. The summed E-state index contributed by atoms with van der Waals surface area (Å²) in [6.07, 6.45) is 4.10. The predicted molar refractivity (Wildman–Crippen MR) is 136 cm³/mol. The van der Waals surface area contributed by atoms with Crippen molar-refractivity contribution >= 4 is 34.1 Å². The third-order valence-corrected chi connectivity index (χ3v) is 6.15. The van der Waals surface area contributed by atoms with Crippen molar-refractivity contribution in [1.82, 2.24) is 4.57 Å². The minimum atomic E-state index is -0.0601. The summed E-state index contributed by atoms with van der Waals surface area (Å²) in [6.45, 7) is 7.91. The normalized spacial score (nSPS) is 14.5. The number of amides is 1. The number of nitrogens with one attached hydrogen (secondary N) is 1. The first-order valence-electron chi connectivity index (χ1n) is 11.3. The Hall–Kier alpha value is -3.79. The number of fused-ring (bicyclic) bond motifs is 2. The van der Waals surface area contributed by atoms with E-state index < -0.39 is 0 Å². The van der Waals surface area contributed by atoms with Gasteiger partial charge in [0.15, 0.2) is 0 Å². The molecule has 1 aliphatic heterocycles. The molecule has 1 amide bonds. The molecule has 0 fully saturated rings. The maximum Gasteiger partial charge on any atom is 0.256 e. The van der Waals surface area contributed by atoms with Crippen LogP contribution in [-0.2, 0) is 16.8 Å². The predicted octanol–water partition coefficient (Wildman–Crippen LogP) is 6.51. The molecule has 0 bridgehead atoms. The van der Waals surface area contributed by atoms with E-state index in [1.165, 1.54) is 5.56 Å². The number of carbonyl (C=O) groups excluding carboxylic acids is 1. The Morgan fingerprint density at radius 3 is 2.45 bits per heavy atom. The molecular weight excluding hydrogens is 408 g/mol. The molecule has 3 aromatic carbocycles. The highest BCUT2D eigenvalue weighted by Gasteiger charge is 2.24. The molecular formula is C29H28N2O2. The van der Waals surface area contributed by atoms with Gasteiger partial charge in [0.25, 0.3) is 5.91 Å². The second kappa shape index (κ2) is 8.28. The smallest absolute Gasteiger partial charge is 0.256 e. The molecule has 1 aromatic heterocycles. The van der Waals surface area contributed by atoms with Crippen LogP contribution in [0.2, 0.25) is 0 Å². The fourth-order valence-corrected chi connectivity index (χ4v) is 4.33. The SMILES string of the molecule is CC(C)(C)c1ccc(OCCn2cc(/C=C3/C(=O)Nc4ccccc43)c3ccccc32)cc1. The van der Waals surface area contributed by atoms with Gasteiger partial charge in [0, 0.05) is 39.5 Å². The van der Waals surface area contributed by atoms with Crippen LogP contribution in [0.3, 0.4) is 0 Å². The van der Waals surface area contributed by atoms with E-state index in [0.29, 0.717) is 18.7 Å². The fraction of sp³-hybridized carbons (Fsp3) is 0.207. The summed E-state index contributed by atoms with van der Waals surface area (Å²) in [4.78, 5) is 12.6. The maximum absolute atomic E-state index is 12.6. The number of hydrogen-bond acceptors (Lipinski definition) is 2. The molecule has 0 saturated heterocycles. The molecule has 0 radical (unpaired) electrons. The summed E-state index contributed by atoms with van der Waals surface area (Å²) in [6, 6.07) is 24.4. The summed E-state index contributed by atoms with van der Waals surface area (Å²) in [5.41, 5.74) is 6.09. The van der Waals surface area contributed by atoms with E-state index in [-0.39, 0.29) is 11.3 Å². The molecule has 1 aliphatic rings. The van der Waals surface area contributed by atoms with Crippen LogP contribution in [0.1, 0.15) is 37.5 Å². The number of hydrogen-bond donors (Lipinski definition) is 1. The molecule has 0 saturated carbocycles. The molecule has 0 atom stereocenters. The summed E-state index contributed by atoms with van der Waals surface area (Å²) in [7, 11) is 0. The van der Waals surface area contributed by atoms with Gasteiger partial charge in [0.2, 0.25) is 0 Å². The van der Waals surface area contributed by atoms with Gasteiger partial charge in [-0.15, -0.1) is 0 Å². The Labute approximate surface area is 194 Å². The molecule has 4 heteroatoms. The number of nitrogens with zero attached hydrogens (tertiary/aromatic N) is 1. The van der Waals surface area contributed by atoms with E-state index in [1.54, 1.807) is 0 Å². The molecule has 2 heterocycles. The standard InChI is InChI=1S/C29H28N2O2/c1-29(2,3)21-12-14-22(15-13-21)33-17-16-31-19-20(23-8-5-7-11-27(23)31)18-25-24-9-4-6-10-26(24)30-28(25)32/h4-15,18-19H,16-17H2,1-3H3,(H,30,32)/b25-18+. The number of para-hydroxylation sites is 2. The molecule has 4 aromatic rings. The van der Waals surface area contributed by atoms with E-state index >= 15 is 0 Å². The van der Waals surface area contributed by atoms with Crippen LogP contribution < -0.4 is 10.1 Å². The first kappa shape index (κ1) is 21.1. The molecule has 0 spiro atoms. The highest BCUT2D eigenvalue weighted by atomic mass is 16.5. The molecule has 33 heavy (non-hydrogen) atoms. The van der Waals surface area contributed by atoms with Gasteiger partial charge in [-0.2, -0.15) is 0 Å². The summed E-state index contributed by atoms with van der Waals surface area (Å²) in [5.74, 6) is 0.816. The van der Waals surface area contributed by atoms with Gasteiger partial charge >= 0.3 is 0 Å². The van der Waals surface area contributed by atoms with Crippen molar-refractivity contribution in [2.24, 2.45) is 0 Å². The lowest BCUT2D eigenvalue weighted by Crippen LogP contribution is -2.11. The van der Waals surface area contributed by atoms with Gasteiger partial charge in [-0.05, 0) is 41.3 Å². The lowest BCUT2D eigenvalue weighted by atomic mass is 9.87. The van der Waals surface area contributed by atoms with Gasteiger partial charge in [0.05, 0.1) is 6.54 Å². The molecule has 166 valence electrons. The average Bonchev–Trinajstić information content (AvgIpc) is 3.31. The number of benzene rings is 3. The van der Waals surface area contributed by atoms with Crippen molar-refractivity contribution < 1.29 is 9.53 Å². The topological polar surface area (TPSA) is 43.3 Å². The van der Waals surface area contributed by atoms with Crippen molar-refractivity contribution in [3.05, 3.63) is 95.7 Å². The van der Waals surface area contributed by atoms with Crippen molar-refractivity contribution in [1.29, 1.82) is 0 Å². The molecule has 4 nitrogen and oxygen atoms in total. The third-order valence-electron chi connectivity index (χ3n) is 6.15. The monoisotopic (exact) mass is 436 g/mol. The molecule has 1 N–H and O–H groups in total. The molecule has 0 unspecified atom stereocenters. The van der Waals surface area contributed by atoms with Crippen LogP contribution in [0.5, 0.6) is 5.75 Å². The highest BCUT2D eigenvalue weighted by molar-refractivity contribution is 6.35. The zero-order valence-corrected chi connectivity index (χ0v) is 19.3. The first-order chi connectivity index (χ1) is 15.9. The lowest BCUT2D eigenvalue weighted by molar-refractivity contribution is -0.110. The Morgan fingerprint density at radius 2 is 1.67 bits per heavy atom. The van der Waals surface area contributed by atoms with E-state index in [4.69, 9.17) is 4.74 Å². The summed E-state index contributed by atoms with van der Waals surface area (Å²) >= 11 is 0. The number of ether oxygens (including phenoxy) is 1. The van der Waals surface area contributed by atoms with Crippen LogP contribution in [0.25, 0.3) is 22.6 Å². The molecule has 5 rings (SSSR count). The van der Waals surface area contributed by atoms with E-state index in [9.17, 15) is 4.79 Å². The largest absolute Gasteiger partial charge is 0.492 e. The highest BCUT2D eigenvalue weighted by Crippen LogP contribution is 2.34. The van der Waals surface area contributed by atoms with E-state index in [2.05, 4.69) is 61.1 Å². The van der Waals surface area contributed by atoms with Crippen LogP contribution in [-0.4, -0.2) is 17.1 Å². The van der Waals surface area contributed by atoms with Gasteiger partial charge in [-0.25, -0.2) is 0 Å². The number of anilines is 1. The molecule has 0 aliphatic carbocycles. The van der Waals surface area contributed by atoms with Crippen LogP contribution in [0.15, 0.2) is 79.0 Å². The minimum absolute atomic E-state index is 0.0601. The Kier molecular flexibility index (Phi) is 5.29. The van der Waals surface area contributed by atoms with Crippen LogP contribution in [0, 0.1) is 0 Å². The maximum atomic E-state index is 12.6. The van der Waals surface area contributed by atoms with Crippen molar-refractivity contribution in [3.8, 4) is 5.75 Å². The fourth-order valence-electron chi connectivity index (χ4n) is 4.33.